The lowest BCUT2D eigenvalue weighted by molar-refractivity contribution is -0.115. The Balaban J connectivity index is 0.000000188. The molecule has 0 amide bonds. The maximum atomic E-state index is 14.2. The van der Waals surface area contributed by atoms with Gasteiger partial charge < -0.3 is 9.47 Å². The number of carbonyl (C=O) groups is 1. The average molecular weight is 742 g/mol. The predicted octanol–water partition coefficient (Wildman–Crippen LogP) is 10.6. The minimum Gasteiger partial charge on any atom is -0.337 e. The van der Waals surface area contributed by atoms with Crippen LogP contribution in [-0.4, -0.2) is 10.4 Å². The number of pyridine rings is 1. The first-order valence-corrected chi connectivity index (χ1v) is 15.2. The third-order valence-electron chi connectivity index (χ3n) is 7.12. The van der Waals surface area contributed by atoms with Crippen LogP contribution in [-0.2, 0) is 4.79 Å². The number of benzene rings is 4. The number of allylic oxidation sites excluding steroid dienone is 1. The van der Waals surface area contributed by atoms with Gasteiger partial charge in [0.2, 0.25) is 5.43 Å². The van der Waals surface area contributed by atoms with Crippen molar-refractivity contribution in [1.29, 1.82) is 0 Å². The minimum atomic E-state index is -1.14. The number of hydrogen-bond donors (Lipinski definition) is 0. The Hall–Kier alpha value is -4.22. The molecule has 1 aromatic heterocycles. The van der Waals surface area contributed by atoms with Crippen LogP contribution in [0.15, 0.2) is 101 Å². The van der Waals surface area contributed by atoms with Crippen LogP contribution in [0.3, 0.4) is 0 Å². The summed E-state index contributed by atoms with van der Waals surface area (Å²) in [6.07, 6.45) is 2.23. The van der Waals surface area contributed by atoms with E-state index < -0.39 is 63.3 Å². The van der Waals surface area contributed by atoms with Gasteiger partial charge in [0.1, 0.15) is 39.9 Å². The lowest BCUT2D eigenvalue weighted by atomic mass is 9.95. The molecule has 0 N–H and O–H groups in total. The van der Waals surface area contributed by atoms with Crippen molar-refractivity contribution < 1.29 is 31.1 Å². The van der Waals surface area contributed by atoms with Crippen LogP contribution in [0.1, 0.15) is 18.0 Å². The van der Waals surface area contributed by atoms with Gasteiger partial charge in [0.15, 0.2) is 5.78 Å². The molecule has 4 nitrogen and oxygen atoms in total. The highest BCUT2D eigenvalue weighted by molar-refractivity contribution is 6.43. The first-order chi connectivity index (χ1) is 22.8. The topological polar surface area (TPSA) is 42.3 Å². The minimum absolute atomic E-state index is 0.0749. The van der Waals surface area contributed by atoms with Crippen LogP contribution in [0.4, 0.5) is 32.0 Å². The molecule has 4 aromatic carbocycles. The Kier molecular flexibility index (Phi) is 10.6. The number of halogens is 10. The smallest absolute Gasteiger partial charge is 0.200 e. The second-order valence-corrected chi connectivity index (χ2v) is 11.8. The normalized spacial score (nSPS) is 14.4. The maximum absolute atomic E-state index is 14.2. The van der Waals surface area contributed by atoms with Gasteiger partial charge in [0.05, 0.1) is 43.8 Å². The van der Waals surface area contributed by atoms with Gasteiger partial charge in [-0.25, -0.2) is 26.3 Å². The number of anilines is 1. The monoisotopic (exact) mass is 740 g/mol. The summed E-state index contributed by atoms with van der Waals surface area (Å²) in [6, 6.07) is 15.3. The fourth-order valence-electron chi connectivity index (χ4n) is 5.00. The van der Waals surface area contributed by atoms with E-state index in [0.717, 1.165) is 6.07 Å². The molecule has 6 rings (SSSR count). The van der Waals surface area contributed by atoms with Crippen molar-refractivity contribution in [2.75, 3.05) is 4.90 Å². The third-order valence-corrected chi connectivity index (χ3v) is 8.35. The molecule has 5 aromatic rings. The summed E-state index contributed by atoms with van der Waals surface area (Å²) < 4.78 is 84.4. The molecule has 0 saturated carbocycles. The second kappa shape index (κ2) is 14.5. The summed E-state index contributed by atoms with van der Waals surface area (Å²) in [6.45, 7) is 0. The van der Waals surface area contributed by atoms with Crippen molar-refractivity contribution in [3.8, 4) is 16.9 Å². The van der Waals surface area contributed by atoms with Crippen molar-refractivity contribution in [3.05, 3.63) is 162 Å². The number of carbonyl (C=O) groups excluding carboxylic acids is 1. The molecular formula is C34H18Cl4F6N2O2. The van der Waals surface area contributed by atoms with Crippen molar-refractivity contribution in [2.24, 2.45) is 0 Å². The van der Waals surface area contributed by atoms with Gasteiger partial charge >= 0.3 is 0 Å². The van der Waals surface area contributed by atoms with Gasteiger partial charge in [0.25, 0.3) is 0 Å². The molecule has 14 heteroatoms. The van der Waals surface area contributed by atoms with Crippen LogP contribution in [0.25, 0.3) is 16.9 Å². The number of aromatic nitrogens is 1. The zero-order chi connectivity index (χ0) is 34.9. The van der Waals surface area contributed by atoms with Crippen LogP contribution < -0.4 is 10.3 Å². The SMILES string of the molecule is O=C1CC(c2c(F)cc(F)cc2F)N(c2ccccc2Cl)C=C1Cl.O=c1cc(-c2c(F)cc(F)cc2F)n(-c2ccccc2Cl)cc1Cl. The second-order valence-electron chi connectivity index (χ2n) is 10.2. The molecule has 0 radical (unpaired) electrons. The highest BCUT2D eigenvalue weighted by Crippen LogP contribution is 2.41. The molecular weight excluding hydrogens is 724 g/mol. The summed E-state index contributed by atoms with van der Waals surface area (Å²) in [4.78, 5) is 25.2. The van der Waals surface area contributed by atoms with E-state index in [1.165, 1.54) is 21.9 Å². The van der Waals surface area contributed by atoms with Gasteiger partial charge in [-0.2, -0.15) is 0 Å². The molecule has 1 aliphatic rings. The molecule has 0 bridgehead atoms. The Morgan fingerprint density at radius 1 is 0.625 bits per heavy atom. The van der Waals surface area contributed by atoms with Crippen LogP contribution in [0.2, 0.25) is 15.1 Å². The van der Waals surface area contributed by atoms with E-state index in [1.54, 1.807) is 48.5 Å². The molecule has 1 atom stereocenters. The number of Topliss-reactive ketones (excluding diaryl/α,β-unsaturated/α-hetero) is 1. The number of para-hydroxylation sites is 2. The lowest BCUT2D eigenvalue weighted by Gasteiger charge is -2.34. The lowest BCUT2D eigenvalue weighted by Crippen LogP contribution is -2.32. The molecule has 0 aliphatic carbocycles. The fraction of sp³-hybridized carbons (Fsp3) is 0.0588. The highest BCUT2D eigenvalue weighted by Gasteiger charge is 2.34. The molecule has 0 saturated heterocycles. The summed E-state index contributed by atoms with van der Waals surface area (Å²) in [7, 11) is 0. The third kappa shape index (κ3) is 7.27. The number of ketones is 1. The summed E-state index contributed by atoms with van der Waals surface area (Å²) >= 11 is 24.0. The molecule has 1 aliphatic heterocycles. The van der Waals surface area contributed by atoms with Crippen molar-refractivity contribution in [2.45, 2.75) is 12.5 Å². The molecule has 246 valence electrons. The zero-order valence-electron chi connectivity index (χ0n) is 23.9. The first-order valence-electron chi connectivity index (χ1n) is 13.7. The van der Waals surface area contributed by atoms with E-state index in [-0.39, 0.29) is 27.2 Å². The Morgan fingerprint density at radius 2 is 1.12 bits per heavy atom. The molecule has 48 heavy (non-hydrogen) atoms. The Morgan fingerprint density at radius 3 is 1.67 bits per heavy atom. The van der Waals surface area contributed by atoms with Gasteiger partial charge in [-0.15, -0.1) is 0 Å². The van der Waals surface area contributed by atoms with E-state index in [1.807, 2.05) is 0 Å². The van der Waals surface area contributed by atoms with Crippen LogP contribution >= 0.6 is 46.4 Å². The molecule has 1 unspecified atom stereocenters. The summed E-state index contributed by atoms with van der Waals surface area (Å²) in [5.74, 6) is -7.00. The van der Waals surface area contributed by atoms with E-state index >= 15 is 0 Å². The zero-order valence-corrected chi connectivity index (χ0v) is 27.0. The largest absolute Gasteiger partial charge is 0.337 e. The van der Waals surface area contributed by atoms with Gasteiger partial charge in [-0.05, 0) is 24.3 Å². The molecule has 0 fully saturated rings. The average Bonchev–Trinajstić information content (AvgIpc) is 3.00. The maximum Gasteiger partial charge on any atom is 0.200 e. The molecule has 2 heterocycles. The van der Waals surface area contributed by atoms with Crippen molar-refractivity contribution >= 4 is 57.9 Å². The van der Waals surface area contributed by atoms with Crippen LogP contribution in [0, 0.1) is 34.9 Å². The van der Waals surface area contributed by atoms with Gasteiger partial charge in [-0.3, -0.25) is 9.59 Å². The van der Waals surface area contributed by atoms with E-state index in [0.29, 0.717) is 40.7 Å². The number of hydrogen-bond acceptors (Lipinski definition) is 3. The van der Waals surface area contributed by atoms with E-state index in [4.69, 9.17) is 46.4 Å². The molecule has 0 spiro atoms. The number of nitrogens with zero attached hydrogens (tertiary/aromatic N) is 2. The Labute approximate surface area is 289 Å². The van der Waals surface area contributed by atoms with Gasteiger partial charge in [0, 0.05) is 54.7 Å². The van der Waals surface area contributed by atoms with Gasteiger partial charge in [-0.1, -0.05) is 70.7 Å². The fourth-order valence-corrected chi connectivity index (χ4v) is 5.80. The van der Waals surface area contributed by atoms with E-state index in [2.05, 4.69) is 0 Å². The Bertz CT molecular complexity index is 2110. The summed E-state index contributed by atoms with van der Waals surface area (Å²) in [5.41, 5.74) is -0.932. The quantitative estimate of drug-likeness (QED) is 0.172. The highest BCUT2D eigenvalue weighted by atomic mass is 35.5. The number of rotatable bonds is 4. The standard InChI is InChI=1S/C17H10Cl2F3NO.C17H8Cl2F3NO/c2*18-10-3-1-2-4-14(10)23-8-11(19)16(24)7-15(23)17-12(21)5-9(20)6-13(17)22/h1-6,8,15H,7H2;1-8H. The summed E-state index contributed by atoms with van der Waals surface area (Å²) in [5, 5.41) is 0.373. The first kappa shape index (κ1) is 35.1. The van der Waals surface area contributed by atoms with E-state index in [9.17, 15) is 35.9 Å². The predicted molar refractivity (Wildman–Crippen MR) is 174 cm³/mol. The van der Waals surface area contributed by atoms with Crippen LogP contribution in [0.5, 0.6) is 0 Å². The van der Waals surface area contributed by atoms with Crippen molar-refractivity contribution in [3.63, 3.8) is 0 Å². The van der Waals surface area contributed by atoms with Crippen molar-refractivity contribution in [1.82, 2.24) is 4.57 Å².